The molecule has 0 spiro atoms. The third-order valence-corrected chi connectivity index (χ3v) is 4.41. The third-order valence-electron chi connectivity index (χ3n) is 3.71. The summed E-state index contributed by atoms with van der Waals surface area (Å²) in [6.45, 7) is 3.94. The summed E-state index contributed by atoms with van der Waals surface area (Å²) in [6, 6.07) is 11.0. The normalized spacial score (nSPS) is 19.5. The molecule has 1 aliphatic rings. The van der Waals surface area contributed by atoms with Crippen LogP contribution in [-0.4, -0.2) is 13.2 Å². The van der Waals surface area contributed by atoms with E-state index in [0.717, 1.165) is 25.3 Å². The molecular formula is C16H19NOS. The second-order valence-corrected chi connectivity index (χ2v) is 5.75. The van der Waals surface area contributed by atoms with E-state index in [1.54, 1.807) is 11.3 Å². The maximum Gasteiger partial charge on any atom is 0.122 e. The number of fused-ring (bicyclic) bond motifs is 1. The lowest BCUT2D eigenvalue weighted by atomic mass is 9.87. The molecule has 0 amide bonds. The van der Waals surface area contributed by atoms with Crippen LogP contribution >= 0.6 is 11.3 Å². The Labute approximate surface area is 118 Å². The molecule has 0 radical (unpaired) electrons. The number of para-hydroxylation sites is 1. The minimum atomic E-state index is 0.393. The second-order valence-electron chi connectivity index (χ2n) is 4.97. The smallest absolute Gasteiger partial charge is 0.122 e. The van der Waals surface area contributed by atoms with Crippen molar-refractivity contribution in [1.29, 1.82) is 0 Å². The Balaban J connectivity index is 1.82. The van der Waals surface area contributed by atoms with Gasteiger partial charge in [-0.3, -0.25) is 0 Å². The van der Waals surface area contributed by atoms with Crippen molar-refractivity contribution in [2.45, 2.75) is 19.4 Å². The first-order chi connectivity index (χ1) is 9.38. The van der Waals surface area contributed by atoms with Crippen LogP contribution in [0.2, 0.25) is 0 Å². The predicted octanol–water partition coefficient (Wildman–Crippen LogP) is 3.65. The van der Waals surface area contributed by atoms with Crippen LogP contribution in [0.5, 0.6) is 5.75 Å². The molecule has 2 nitrogen and oxygen atoms in total. The van der Waals surface area contributed by atoms with E-state index in [1.807, 2.05) is 6.07 Å². The van der Waals surface area contributed by atoms with Crippen LogP contribution in [0.4, 0.5) is 0 Å². The summed E-state index contributed by atoms with van der Waals surface area (Å²) in [5.41, 5.74) is 2.72. The number of hydrogen-bond donors (Lipinski definition) is 1. The lowest BCUT2D eigenvalue weighted by Crippen LogP contribution is -2.34. The van der Waals surface area contributed by atoms with Gasteiger partial charge in [-0.15, -0.1) is 0 Å². The summed E-state index contributed by atoms with van der Waals surface area (Å²) >= 11 is 1.76. The molecule has 2 unspecified atom stereocenters. The van der Waals surface area contributed by atoms with E-state index in [-0.39, 0.29) is 0 Å². The van der Waals surface area contributed by atoms with E-state index in [1.165, 1.54) is 11.1 Å². The van der Waals surface area contributed by atoms with Crippen molar-refractivity contribution in [2.24, 2.45) is 5.92 Å². The maximum atomic E-state index is 5.92. The van der Waals surface area contributed by atoms with Crippen LogP contribution in [-0.2, 0) is 6.42 Å². The Kier molecular flexibility index (Phi) is 3.85. The predicted molar refractivity (Wildman–Crippen MR) is 79.9 cm³/mol. The van der Waals surface area contributed by atoms with Crippen molar-refractivity contribution in [3.05, 3.63) is 52.2 Å². The first kappa shape index (κ1) is 12.7. The van der Waals surface area contributed by atoms with Gasteiger partial charge in [0.05, 0.1) is 6.61 Å². The van der Waals surface area contributed by atoms with Gasteiger partial charge in [0.15, 0.2) is 0 Å². The van der Waals surface area contributed by atoms with Crippen LogP contribution in [0, 0.1) is 5.92 Å². The highest BCUT2D eigenvalue weighted by Crippen LogP contribution is 2.34. The Bertz CT molecular complexity index is 523. The summed E-state index contributed by atoms with van der Waals surface area (Å²) in [4.78, 5) is 0. The van der Waals surface area contributed by atoms with Crippen LogP contribution in [0.15, 0.2) is 41.1 Å². The minimum Gasteiger partial charge on any atom is -0.493 e. The van der Waals surface area contributed by atoms with Crippen molar-refractivity contribution in [2.75, 3.05) is 13.2 Å². The Morgan fingerprint density at radius 2 is 2.26 bits per heavy atom. The van der Waals surface area contributed by atoms with Gasteiger partial charge in [-0.05, 0) is 47.0 Å². The zero-order valence-corrected chi connectivity index (χ0v) is 12.0. The molecule has 0 saturated carbocycles. The van der Waals surface area contributed by atoms with E-state index >= 15 is 0 Å². The van der Waals surface area contributed by atoms with Crippen molar-refractivity contribution in [3.8, 4) is 5.75 Å². The number of ether oxygens (including phenoxy) is 1. The summed E-state index contributed by atoms with van der Waals surface area (Å²) in [6.07, 6.45) is 1.09. The number of hydrogen-bond acceptors (Lipinski definition) is 3. The first-order valence-corrected chi connectivity index (χ1v) is 7.79. The lowest BCUT2D eigenvalue weighted by Gasteiger charge is -2.32. The zero-order chi connectivity index (χ0) is 13.1. The molecule has 3 heteroatoms. The van der Waals surface area contributed by atoms with Crippen LogP contribution in [0.1, 0.15) is 24.1 Å². The first-order valence-electron chi connectivity index (χ1n) is 6.84. The van der Waals surface area contributed by atoms with Gasteiger partial charge in [0, 0.05) is 12.0 Å². The third kappa shape index (κ3) is 2.67. The molecule has 1 aromatic carbocycles. The molecular weight excluding hydrogens is 254 g/mol. The van der Waals surface area contributed by atoms with Crippen molar-refractivity contribution >= 4 is 11.3 Å². The molecule has 0 saturated heterocycles. The molecule has 100 valence electrons. The monoisotopic (exact) mass is 273 g/mol. The van der Waals surface area contributed by atoms with Crippen LogP contribution < -0.4 is 10.1 Å². The summed E-state index contributed by atoms with van der Waals surface area (Å²) in [5.74, 6) is 1.56. The van der Waals surface area contributed by atoms with Gasteiger partial charge in [0.2, 0.25) is 0 Å². The van der Waals surface area contributed by atoms with E-state index in [0.29, 0.717) is 12.0 Å². The Morgan fingerprint density at radius 1 is 1.37 bits per heavy atom. The standard InChI is InChI=1S/C16H19NOS/c1-2-17-16(13-7-8-19-11-13)14-9-12-5-3-4-6-15(12)18-10-14/h3-8,11,14,16-17H,2,9-10H2,1H3. The molecule has 1 N–H and O–H groups in total. The van der Waals surface area contributed by atoms with Crippen LogP contribution in [0.25, 0.3) is 0 Å². The van der Waals surface area contributed by atoms with E-state index in [9.17, 15) is 0 Å². The number of benzene rings is 1. The second kappa shape index (κ2) is 5.76. The van der Waals surface area contributed by atoms with E-state index in [2.05, 4.69) is 47.3 Å². The minimum absolute atomic E-state index is 0.393. The Morgan fingerprint density at radius 3 is 3.05 bits per heavy atom. The quantitative estimate of drug-likeness (QED) is 0.918. The molecule has 1 aromatic heterocycles. The van der Waals surface area contributed by atoms with Gasteiger partial charge in [0.1, 0.15) is 5.75 Å². The maximum absolute atomic E-state index is 5.92. The SMILES string of the molecule is CCNC(c1ccsc1)C1COc2ccccc2C1. The van der Waals surface area contributed by atoms with Crippen molar-refractivity contribution in [3.63, 3.8) is 0 Å². The van der Waals surface area contributed by atoms with Gasteiger partial charge in [0.25, 0.3) is 0 Å². The van der Waals surface area contributed by atoms with Gasteiger partial charge >= 0.3 is 0 Å². The summed E-state index contributed by atoms with van der Waals surface area (Å²) in [7, 11) is 0. The fraction of sp³-hybridized carbons (Fsp3) is 0.375. The molecule has 0 fully saturated rings. The fourth-order valence-corrected chi connectivity index (χ4v) is 3.49. The summed E-state index contributed by atoms with van der Waals surface area (Å²) < 4.78 is 5.92. The lowest BCUT2D eigenvalue weighted by molar-refractivity contribution is 0.185. The Hall–Kier alpha value is -1.32. The molecule has 2 atom stereocenters. The van der Waals surface area contributed by atoms with Gasteiger partial charge in [-0.2, -0.15) is 11.3 Å². The molecule has 2 heterocycles. The average molecular weight is 273 g/mol. The van der Waals surface area contributed by atoms with Crippen LogP contribution in [0.3, 0.4) is 0 Å². The van der Waals surface area contributed by atoms with Crippen molar-refractivity contribution < 1.29 is 4.74 Å². The topological polar surface area (TPSA) is 21.3 Å². The van der Waals surface area contributed by atoms with E-state index < -0.39 is 0 Å². The van der Waals surface area contributed by atoms with Gasteiger partial charge < -0.3 is 10.1 Å². The molecule has 1 aliphatic heterocycles. The molecule has 0 aliphatic carbocycles. The number of nitrogens with one attached hydrogen (secondary N) is 1. The number of rotatable bonds is 4. The van der Waals surface area contributed by atoms with E-state index in [4.69, 9.17) is 4.74 Å². The largest absolute Gasteiger partial charge is 0.493 e. The highest BCUT2D eigenvalue weighted by Gasteiger charge is 2.28. The zero-order valence-electron chi connectivity index (χ0n) is 11.1. The molecule has 19 heavy (non-hydrogen) atoms. The molecule has 3 rings (SSSR count). The highest BCUT2D eigenvalue weighted by molar-refractivity contribution is 7.07. The fourth-order valence-electron chi connectivity index (χ4n) is 2.79. The molecule has 2 aromatic rings. The number of thiophene rings is 1. The highest BCUT2D eigenvalue weighted by atomic mass is 32.1. The van der Waals surface area contributed by atoms with Gasteiger partial charge in [-0.25, -0.2) is 0 Å². The molecule has 0 bridgehead atoms. The van der Waals surface area contributed by atoms with Crippen molar-refractivity contribution in [1.82, 2.24) is 5.32 Å². The average Bonchev–Trinajstić information content (AvgIpc) is 2.98. The van der Waals surface area contributed by atoms with Gasteiger partial charge in [-0.1, -0.05) is 25.1 Å². The summed E-state index contributed by atoms with van der Waals surface area (Å²) in [5, 5.41) is 8.01.